The molecule has 0 aromatic heterocycles. The van der Waals surface area contributed by atoms with Crippen molar-refractivity contribution in [2.45, 2.75) is 11.8 Å². The van der Waals surface area contributed by atoms with Gasteiger partial charge in [-0.15, -0.1) is 0 Å². The lowest BCUT2D eigenvalue weighted by atomic mass is 10.2. The van der Waals surface area contributed by atoms with Crippen molar-refractivity contribution < 1.29 is 17.9 Å². The largest absolute Gasteiger partial charge is 0.465 e. The number of benzene rings is 1. The summed E-state index contributed by atoms with van der Waals surface area (Å²) in [6, 6.07) is 5.79. The monoisotopic (exact) mass is 257 g/mol. The molecule has 0 spiro atoms. The number of rotatable bonds is 4. The van der Waals surface area contributed by atoms with Crippen LogP contribution in [0.15, 0.2) is 29.2 Å². The van der Waals surface area contributed by atoms with Crippen LogP contribution in [-0.2, 0) is 14.8 Å². The Morgan fingerprint density at radius 3 is 2.59 bits per heavy atom. The average molecular weight is 257 g/mol. The van der Waals surface area contributed by atoms with Crippen LogP contribution in [0.1, 0.15) is 17.3 Å². The first-order valence-corrected chi connectivity index (χ1v) is 6.52. The van der Waals surface area contributed by atoms with Crippen molar-refractivity contribution in [3.05, 3.63) is 29.8 Å². The van der Waals surface area contributed by atoms with Gasteiger partial charge in [0, 0.05) is 13.6 Å². The molecule has 0 heterocycles. The summed E-state index contributed by atoms with van der Waals surface area (Å²) in [5.41, 5.74) is 0.220. The molecule has 1 aromatic carbocycles. The van der Waals surface area contributed by atoms with E-state index >= 15 is 0 Å². The van der Waals surface area contributed by atoms with Gasteiger partial charge in [0.1, 0.15) is 0 Å². The average Bonchev–Trinajstić information content (AvgIpc) is 2.36. The van der Waals surface area contributed by atoms with Gasteiger partial charge >= 0.3 is 5.97 Å². The molecule has 0 unspecified atom stereocenters. The lowest BCUT2D eigenvalue weighted by Crippen LogP contribution is -2.26. The second-order valence-corrected chi connectivity index (χ2v) is 5.48. The fourth-order valence-corrected chi connectivity index (χ4v) is 2.48. The molecule has 6 heteroatoms. The predicted octanol–water partition coefficient (Wildman–Crippen LogP) is 1.11. The first kappa shape index (κ1) is 13.7. The minimum absolute atomic E-state index is 0.0877. The molecule has 1 rings (SSSR count). The van der Waals surface area contributed by atoms with E-state index in [1.165, 1.54) is 42.7 Å². The molecule has 0 amide bonds. The Morgan fingerprint density at radius 1 is 1.41 bits per heavy atom. The van der Waals surface area contributed by atoms with E-state index in [9.17, 15) is 13.2 Å². The number of esters is 1. The molecular weight excluding hydrogens is 242 g/mol. The summed E-state index contributed by atoms with van der Waals surface area (Å²) in [6.07, 6.45) is 0. The summed E-state index contributed by atoms with van der Waals surface area (Å²) in [4.78, 5) is 11.4. The smallest absolute Gasteiger partial charge is 0.337 e. The van der Waals surface area contributed by atoms with Crippen LogP contribution in [0, 0.1) is 0 Å². The van der Waals surface area contributed by atoms with Gasteiger partial charge in [0.25, 0.3) is 0 Å². The lowest BCUT2D eigenvalue weighted by molar-refractivity contribution is 0.0600. The van der Waals surface area contributed by atoms with Crippen molar-refractivity contribution in [2.24, 2.45) is 0 Å². The Bertz CT molecular complexity index is 510. The number of ether oxygens (including phenoxy) is 1. The number of carbonyl (C=O) groups excluding carboxylic acids is 1. The van der Waals surface area contributed by atoms with E-state index in [2.05, 4.69) is 4.74 Å². The molecule has 0 N–H and O–H groups in total. The summed E-state index contributed by atoms with van der Waals surface area (Å²) in [6.45, 7) is 2.10. The second kappa shape index (κ2) is 5.29. The van der Waals surface area contributed by atoms with Gasteiger partial charge in [0.05, 0.1) is 17.6 Å². The van der Waals surface area contributed by atoms with Crippen molar-refractivity contribution in [2.75, 3.05) is 20.7 Å². The highest BCUT2D eigenvalue weighted by Gasteiger charge is 2.20. The van der Waals surface area contributed by atoms with E-state index in [0.29, 0.717) is 6.54 Å². The van der Waals surface area contributed by atoms with E-state index < -0.39 is 16.0 Å². The molecular formula is C11H15NO4S. The SMILES string of the molecule is CCN(C)S(=O)(=O)c1cccc(C(=O)OC)c1. The molecule has 0 fully saturated rings. The summed E-state index contributed by atoms with van der Waals surface area (Å²) in [5.74, 6) is -0.554. The number of hydrogen-bond donors (Lipinski definition) is 0. The van der Waals surface area contributed by atoms with Crippen molar-refractivity contribution in [3.63, 3.8) is 0 Å². The van der Waals surface area contributed by atoms with E-state index in [1.54, 1.807) is 6.92 Å². The second-order valence-electron chi connectivity index (χ2n) is 3.44. The Labute approximate surface area is 101 Å². The third-order valence-electron chi connectivity index (χ3n) is 2.41. The molecule has 0 atom stereocenters. The summed E-state index contributed by atoms with van der Waals surface area (Å²) in [7, 11) is -0.790. The molecule has 0 saturated carbocycles. The van der Waals surface area contributed by atoms with E-state index in [-0.39, 0.29) is 10.5 Å². The van der Waals surface area contributed by atoms with Crippen LogP contribution >= 0.6 is 0 Å². The van der Waals surface area contributed by atoms with Crippen molar-refractivity contribution in [1.29, 1.82) is 0 Å². The first-order chi connectivity index (χ1) is 7.93. The minimum atomic E-state index is -3.53. The first-order valence-electron chi connectivity index (χ1n) is 5.08. The van der Waals surface area contributed by atoms with E-state index in [0.717, 1.165) is 0 Å². The van der Waals surface area contributed by atoms with Gasteiger partial charge in [0.2, 0.25) is 10.0 Å². The summed E-state index contributed by atoms with van der Waals surface area (Å²) in [5, 5.41) is 0. The van der Waals surface area contributed by atoms with Gasteiger partial charge in [0.15, 0.2) is 0 Å². The number of hydrogen-bond acceptors (Lipinski definition) is 4. The Balaban J connectivity index is 3.21. The minimum Gasteiger partial charge on any atom is -0.465 e. The zero-order chi connectivity index (χ0) is 13.1. The molecule has 0 saturated heterocycles. The molecule has 94 valence electrons. The maximum atomic E-state index is 12.0. The highest BCUT2D eigenvalue weighted by Crippen LogP contribution is 2.16. The molecule has 0 aliphatic heterocycles. The van der Waals surface area contributed by atoms with Crippen molar-refractivity contribution >= 4 is 16.0 Å². The zero-order valence-corrected chi connectivity index (χ0v) is 10.8. The van der Waals surface area contributed by atoms with Crippen LogP contribution < -0.4 is 0 Å². The van der Waals surface area contributed by atoms with Crippen LogP contribution in [0.3, 0.4) is 0 Å². The molecule has 0 aliphatic carbocycles. The molecule has 0 radical (unpaired) electrons. The van der Waals surface area contributed by atoms with Gasteiger partial charge in [-0.3, -0.25) is 0 Å². The van der Waals surface area contributed by atoms with Gasteiger partial charge in [-0.2, -0.15) is 0 Å². The van der Waals surface area contributed by atoms with Crippen LogP contribution in [0.2, 0.25) is 0 Å². The zero-order valence-electron chi connectivity index (χ0n) is 10.0. The van der Waals surface area contributed by atoms with Gasteiger partial charge in [-0.25, -0.2) is 17.5 Å². The number of carbonyl (C=O) groups is 1. The van der Waals surface area contributed by atoms with Crippen molar-refractivity contribution in [3.8, 4) is 0 Å². The Morgan fingerprint density at radius 2 is 2.06 bits per heavy atom. The van der Waals surface area contributed by atoms with Gasteiger partial charge in [-0.1, -0.05) is 13.0 Å². The lowest BCUT2D eigenvalue weighted by Gasteiger charge is -2.15. The van der Waals surface area contributed by atoms with Crippen molar-refractivity contribution in [1.82, 2.24) is 4.31 Å². The molecule has 1 aromatic rings. The normalized spacial score (nSPS) is 11.5. The third-order valence-corrected chi connectivity index (χ3v) is 4.34. The molecule has 17 heavy (non-hydrogen) atoms. The standard InChI is InChI=1S/C11H15NO4S/c1-4-12(2)17(14,15)10-7-5-6-9(8-10)11(13)16-3/h5-8H,4H2,1-3H3. The summed E-state index contributed by atoms with van der Waals surface area (Å²) >= 11 is 0. The highest BCUT2D eigenvalue weighted by molar-refractivity contribution is 7.89. The number of methoxy groups -OCH3 is 1. The van der Waals surface area contributed by atoms with Crippen LogP contribution in [0.25, 0.3) is 0 Å². The summed E-state index contributed by atoms with van der Waals surface area (Å²) < 4.78 is 29.8. The number of sulfonamides is 1. The number of nitrogens with zero attached hydrogens (tertiary/aromatic N) is 1. The third kappa shape index (κ3) is 2.83. The quantitative estimate of drug-likeness (QED) is 0.758. The van der Waals surface area contributed by atoms with E-state index in [4.69, 9.17) is 0 Å². The Kier molecular flexibility index (Phi) is 4.25. The molecule has 5 nitrogen and oxygen atoms in total. The predicted molar refractivity (Wildman–Crippen MR) is 63.3 cm³/mol. The van der Waals surface area contributed by atoms with Crippen LogP contribution in [-0.4, -0.2) is 39.4 Å². The molecule has 0 aliphatic rings. The fourth-order valence-electron chi connectivity index (χ4n) is 1.25. The van der Waals surface area contributed by atoms with E-state index in [1.807, 2.05) is 0 Å². The molecule has 0 bridgehead atoms. The fraction of sp³-hybridized carbons (Fsp3) is 0.364. The topological polar surface area (TPSA) is 63.7 Å². The van der Waals surface area contributed by atoms with Gasteiger partial charge < -0.3 is 4.74 Å². The van der Waals surface area contributed by atoms with Crippen LogP contribution in [0.5, 0.6) is 0 Å². The Hall–Kier alpha value is -1.40. The van der Waals surface area contributed by atoms with Crippen LogP contribution in [0.4, 0.5) is 0 Å². The maximum Gasteiger partial charge on any atom is 0.337 e. The van der Waals surface area contributed by atoms with Gasteiger partial charge in [-0.05, 0) is 18.2 Å². The maximum absolute atomic E-state index is 12.0. The highest BCUT2D eigenvalue weighted by atomic mass is 32.2.